The topological polar surface area (TPSA) is 38.3 Å². The molecule has 0 aromatic heterocycles. The summed E-state index contributed by atoms with van der Waals surface area (Å²) >= 11 is 0. The molecular formula is C19H23NO2. The number of carbonyl (C=O) groups is 1. The standard InChI is InChI=1S/C19H23NO2/c1-14-8-7-11-18(12-14)22-16(3)19(21)20-13-15(2)17-9-5-4-6-10-17/h4-12,15-16H,13H2,1-3H3,(H,20,21)/t15-,16-/m1/s1. The number of aryl methyl sites for hydroxylation is 1. The predicted molar refractivity (Wildman–Crippen MR) is 89.1 cm³/mol. The molecule has 0 bridgehead atoms. The molecule has 1 amide bonds. The summed E-state index contributed by atoms with van der Waals surface area (Å²) in [6, 6.07) is 17.9. The highest BCUT2D eigenvalue weighted by Crippen LogP contribution is 2.15. The van der Waals surface area contributed by atoms with Crippen molar-refractivity contribution in [3.05, 3.63) is 65.7 Å². The monoisotopic (exact) mass is 297 g/mol. The second-order valence-corrected chi connectivity index (χ2v) is 5.63. The highest BCUT2D eigenvalue weighted by atomic mass is 16.5. The first kappa shape index (κ1) is 16.1. The van der Waals surface area contributed by atoms with Crippen LogP contribution < -0.4 is 10.1 Å². The molecule has 0 saturated carbocycles. The Morgan fingerprint density at radius 3 is 2.50 bits per heavy atom. The number of hydrogen-bond acceptors (Lipinski definition) is 2. The van der Waals surface area contributed by atoms with Gasteiger partial charge in [0.05, 0.1) is 0 Å². The predicted octanol–water partition coefficient (Wildman–Crippen LogP) is 3.68. The summed E-state index contributed by atoms with van der Waals surface area (Å²) in [6.07, 6.45) is -0.509. The highest BCUT2D eigenvalue weighted by molar-refractivity contribution is 5.80. The van der Waals surface area contributed by atoms with Crippen molar-refractivity contribution in [1.29, 1.82) is 0 Å². The van der Waals surface area contributed by atoms with Crippen molar-refractivity contribution >= 4 is 5.91 Å². The van der Waals surface area contributed by atoms with Crippen LogP contribution in [-0.4, -0.2) is 18.6 Å². The van der Waals surface area contributed by atoms with Gasteiger partial charge in [0.15, 0.2) is 6.10 Å². The van der Waals surface area contributed by atoms with Crippen molar-refractivity contribution in [3.63, 3.8) is 0 Å². The summed E-state index contributed by atoms with van der Waals surface area (Å²) in [6.45, 7) is 6.47. The summed E-state index contributed by atoms with van der Waals surface area (Å²) in [5.74, 6) is 0.902. The maximum Gasteiger partial charge on any atom is 0.260 e. The summed E-state index contributed by atoms with van der Waals surface area (Å²) in [4.78, 5) is 12.1. The fourth-order valence-electron chi connectivity index (χ4n) is 2.24. The molecule has 2 aromatic carbocycles. The first-order chi connectivity index (χ1) is 10.6. The SMILES string of the molecule is Cc1cccc(O[C@H](C)C(=O)NC[C@@H](C)c2ccccc2)c1. The second kappa shape index (κ2) is 7.64. The van der Waals surface area contributed by atoms with E-state index in [1.807, 2.05) is 49.4 Å². The van der Waals surface area contributed by atoms with Crippen LogP contribution in [0, 0.1) is 6.92 Å². The molecular weight excluding hydrogens is 274 g/mol. The van der Waals surface area contributed by atoms with Crippen LogP contribution in [-0.2, 0) is 4.79 Å². The van der Waals surface area contributed by atoms with Crippen LogP contribution in [0.15, 0.2) is 54.6 Å². The van der Waals surface area contributed by atoms with Gasteiger partial charge in [-0.1, -0.05) is 49.4 Å². The van der Waals surface area contributed by atoms with E-state index in [0.717, 1.165) is 11.3 Å². The Hall–Kier alpha value is -2.29. The van der Waals surface area contributed by atoms with Crippen molar-refractivity contribution in [2.45, 2.75) is 32.8 Å². The first-order valence-electron chi connectivity index (χ1n) is 7.62. The summed E-state index contributed by atoms with van der Waals surface area (Å²) in [7, 11) is 0. The third kappa shape index (κ3) is 4.62. The zero-order chi connectivity index (χ0) is 15.9. The Balaban J connectivity index is 1.84. The van der Waals surface area contributed by atoms with Crippen LogP contribution >= 0.6 is 0 Å². The van der Waals surface area contributed by atoms with Crippen LogP contribution in [0.25, 0.3) is 0 Å². The van der Waals surface area contributed by atoms with E-state index in [0.29, 0.717) is 6.54 Å². The van der Waals surface area contributed by atoms with Gasteiger partial charge in [0, 0.05) is 6.54 Å². The van der Waals surface area contributed by atoms with Crippen LogP contribution in [0.4, 0.5) is 0 Å². The summed E-state index contributed by atoms with van der Waals surface area (Å²) in [5.41, 5.74) is 2.33. The van der Waals surface area contributed by atoms with E-state index in [1.165, 1.54) is 5.56 Å². The summed E-state index contributed by atoms with van der Waals surface area (Å²) < 4.78 is 5.68. The third-order valence-electron chi connectivity index (χ3n) is 3.62. The largest absolute Gasteiger partial charge is 0.481 e. The van der Waals surface area contributed by atoms with Gasteiger partial charge in [0.1, 0.15) is 5.75 Å². The molecule has 0 aliphatic carbocycles. The van der Waals surface area contributed by atoms with Gasteiger partial charge in [-0.2, -0.15) is 0 Å². The Kier molecular flexibility index (Phi) is 5.59. The van der Waals surface area contributed by atoms with E-state index in [9.17, 15) is 4.79 Å². The van der Waals surface area contributed by atoms with Crippen molar-refractivity contribution in [3.8, 4) is 5.75 Å². The molecule has 0 fully saturated rings. The van der Waals surface area contributed by atoms with E-state index < -0.39 is 6.10 Å². The molecule has 0 spiro atoms. The van der Waals surface area contributed by atoms with Crippen molar-refractivity contribution < 1.29 is 9.53 Å². The Bertz CT molecular complexity index is 610. The lowest BCUT2D eigenvalue weighted by molar-refractivity contribution is -0.127. The lowest BCUT2D eigenvalue weighted by Crippen LogP contribution is -2.38. The van der Waals surface area contributed by atoms with E-state index in [-0.39, 0.29) is 11.8 Å². The molecule has 0 heterocycles. The van der Waals surface area contributed by atoms with Crippen molar-refractivity contribution in [2.75, 3.05) is 6.54 Å². The number of carbonyl (C=O) groups excluding carboxylic acids is 1. The maximum absolute atomic E-state index is 12.1. The van der Waals surface area contributed by atoms with Gasteiger partial charge < -0.3 is 10.1 Å². The lowest BCUT2D eigenvalue weighted by Gasteiger charge is -2.17. The second-order valence-electron chi connectivity index (χ2n) is 5.63. The molecule has 0 radical (unpaired) electrons. The van der Waals surface area contributed by atoms with E-state index in [1.54, 1.807) is 6.92 Å². The fourth-order valence-corrected chi connectivity index (χ4v) is 2.24. The van der Waals surface area contributed by atoms with Crippen LogP contribution in [0.5, 0.6) is 5.75 Å². The number of rotatable bonds is 6. The number of benzene rings is 2. The zero-order valence-electron chi connectivity index (χ0n) is 13.4. The van der Waals surface area contributed by atoms with Gasteiger partial charge in [-0.15, -0.1) is 0 Å². The minimum Gasteiger partial charge on any atom is -0.481 e. The number of amides is 1. The molecule has 116 valence electrons. The van der Waals surface area contributed by atoms with E-state index in [4.69, 9.17) is 4.74 Å². The van der Waals surface area contributed by atoms with Gasteiger partial charge in [-0.05, 0) is 43.0 Å². The van der Waals surface area contributed by atoms with Crippen molar-refractivity contribution in [1.82, 2.24) is 5.32 Å². The molecule has 2 atom stereocenters. The zero-order valence-corrected chi connectivity index (χ0v) is 13.4. The van der Waals surface area contributed by atoms with Gasteiger partial charge in [-0.3, -0.25) is 4.79 Å². The average Bonchev–Trinajstić information content (AvgIpc) is 2.53. The number of ether oxygens (including phenoxy) is 1. The molecule has 3 heteroatoms. The van der Waals surface area contributed by atoms with Gasteiger partial charge in [0.25, 0.3) is 5.91 Å². The highest BCUT2D eigenvalue weighted by Gasteiger charge is 2.15. The molecule has 0 aliphatic rings. The molecule has 0 unspecified atom stereocenters. The van der Waals surface area contributed by atoms with E-state index >= 15 is 0 Å². The molecule has 2 rings (SSSR count). The lowest BCUT2D eigenvalue weighted by atomic mass is 10.0. The smallest absolute Gasteiger partial charge is 0.260 e. The molecule has 2 aromatic rings. The molecule has 1 N–H and O–H groups in total. The van der Waals surface area contributed by atoms with Crippen LogP contribution in [0.2, 0.25) is 0 Å². The van der Waals surface area contributed by atoms with Gasteiger partial charge in [0.2, 0.25) is 0 Å². The van der Waals surface area contributed by atoms with Gasteiger partial charge in [-0.25, -0.2) is 0 Å². The molecule has 22 heavy (non-hydrogen) atoms. The fraction of sp³-hybridized carbons (Fsp3) is 0.316. The first-order valence-corrected chi connectivity index (χ1v) is 7.62. The third-order valence-corrected chi connectivity index (χ3v) is 3.62. The van der Waals surface area contributed by atoms with Crippen molar-refractivity contribution in [2.24, 2.45) is 0 Å². The minimum atomic E-state index is -0.509. The Labute approximate surface area is 132 Å². The average molecular weight is 297 g/mol. The summed E-state index contributed by atoms with van der Waals surface area (Å²) in [5, 5.41) is 2.95. The van der Waals surface area contributed by atoms with Crippen LogP contribution in [0.3, 0.4) is 0 Å². The number of hydrogen-bond donors (Lipinski definition) is 1. The quantitative estimate of drug-likeness (QED) is 0.883. The number of nitrogens with one attached hydrogen (secondary N) is 1. The van der Waals surface area contributed by atoms with Gasteiger partial charge >= 0.3 is 0 Å². The molecule has 0 saturated heterocycles. The molecule has 3 nitrogen and oxygen atoms in total. The molecule has 0 aliphatic heterocycles. The van der Waals surface area contributed by atoms with Crippen LogP contribution in [0.1, 0.15) is 30.9 Å². The Morgan fingerprint density at radius 1 is 1.09 bits per heavy atom. The van der Waals surface area contributed by atoms with E-state index in [2.05, 4.69) is 24.4 Å². The normalized spacial score (nSPS) is 13.2. The minimum absolute atomic E-state index is 0.0933. The maximum atomic E-state index is 12.1. The Morgan fingerprint density at radius 2 is 1.82 bits per heavy atom.